The summed E-state index contributed by atoms with van der Waals surface area (Å²) in [6.07, 6.45) is 5.23. The van der Waals surface area contributed by atoms with Gasteiger partial charge in [-0.05, 0) is 25.7 Å². The summed E-state index contributed by atoms with van der Waals surface area (Å²) in [5.74, 6) is 0. The molecule has 2 heteroatoms. The van der Waals surface area contributed by atoms with Gasteiger partial charge < -0.3 is 9.84 Å². The largest absolute Gasteiger partial charge is 0.393 e. The molecule has 134 valence electrons. The highest BCUT2D eigenvalue weighted by Gasteiger charge is 1.90. The molecule has 0 aromatic rings. The van der Waals surface area contributed by atoms with Crippen molar-refractivity contribution in [1.29, 1.82) is 0 Å². The van der Waals surface area contributed by atoms with Gasteiger partial charge in [0.25, 0.3) is 0 Å². The van der Waals surface area contributed by atoms with Gasteiger partial charge in [0.2, 0.25) is 0 Å². The fourth-order valence-electron chi connectivity index (χ4n) is 0.679. The maximum absolute atomic E-state index is 8.67. The second kappa shape index (κ2) is 51.0. The van der Waals surface area contributed by atoms with E-state index in [1.165, 1.54) is 6.42 Å². The van der Waals surface area contributed by atoms with Crippen LogP contribution in [-0.2, 0) is 4.74 Å². The fraction of sp³-hybridized carbons (Fsp3) is 1.00. The van der Waals surface area contributed by atoms with Crippen molar-refractivity contribution in [2.24, 2.45) is 0 Å². The third-order valence-electron chi connectivity index (χ3n) is 1.64. The Balaban J connectivity index is -0.0000000243. The third kappa shape index (κ3) is 81.8. The molecule has 0 heterocycles. The summed E-state index contributed by atoms with van der Waals surface area (Å²) < 4.78 is 5.13. The van der Waals surface area contributed by atoms with Crippen molar-refractivity contribution in [2.75, 3.05) is 13.2 Å². The number of ether oxygens (including phenoxy) is 1. The molecule has 0 rings (SSSR count). The first-order valence-corrected chi connectivity index (χ1v) is 6.89. The molecule has 20 heavy (non-hydrogen) atoms. The van der Waals surface area contributed by atoms with E-state index in [9.17, 15) is 0 Å². The molecule has 2 nitrogen and oxygen atoms in total. The second-order valence-electron chi connectivity index (χ2n) is 3.79. The van der Waals surface area contributed by atoms with Crippen LogP contribution in [0.15, 0.2) is 0 Å². The normalized spacial score (nSPS) is 7.20. The van der Waals surface area contributed by atoms with E-state index in [-0.39, 0.29) is 35.8 Å². The van der Waals surface area contributed by atoms with Gasteiger partial charge in [-0.15, -0.1) is 0 Å². The monoisotopic (exact) mass is 298 g/mol. The van der Waals surface area contributed by atoms with E-state index < -0.39 is 0 Å². The minimum absolute atomic E-state index is 0. The standard InChI is InChI=1S/C6H14O.C5H12O.C3H8.4CH4/c1-3-5-7-6-4-2;1-3-5(6)4-2;1-3-2;;;;/h3-6H2,1-2H3;5-6H,3-4H2,1-2H3;3H2,1-2H3;4*1H4. The predicted octanol–water partition coefficient (Wildman–Crippen LogP) is 6.95. The molecular formula is C18H50O2. The van der Waals surface area contributed by atoms with Crippen LogP contribution in [0, 0.1) is 0 Å². The SMILES string of the molecule is C.C.C.C.CCC.CCC(O)CC.CCCOCCC. The average molecular weight is 299 g/mol. The zero-order chi connectivity index (χ0) is 13.2. The molecule has 0 aromatic heterocycles. The van der Waals surface area contributed by atoms with Gasteiger partial charge in [-0.1, -0.05) is 77.7 Å². The molecule has 0 saturated carbocycles. The van der Waals surface area contributed by atoms with E-state index in [1.54, 1.807) is 0 Å². The topological polar surface area (TPSA) is 29.5 Å². The Kier molecular flexibility index (Phi) is 109. The number of aliphatic hydroxyl groups is 1. The fourth-order valence-corrected chi connectivity index (χ4v) is 0.679. The molecule has 0 aliphatic rings. The Morgan fingerprint density at radius 3 is 1.05 bits per heavy atom. The summed E-state index contributed by atoms with van der Waals surface area (Å²) in [4.78, 5) is 0. The highest BCUT2D eigenvalue weighted by atomic mass is 16.5. The van der Waals surface area contributed by atoms with Gasteiger partial charge in [0, 0.05) is 13.2 Å². The maximum atomic E-state index is 8.67. The van der Waals surface area contributed by atoms with Crippen molar-refractivity contribution in [3.63, 3.8) is 0 Å². The lowest BCUT2D eigenvalue weighted by Crippen LogP contribution is -1.99. The zero-order valence-corrected chi connectivity index (χ0v) is 12.4. The van der Waals surface area contributed by atoms with Crippen LogP contribution >= 0.6 is 0 Å². The highest BCUT2D eigenvalue weighted by molar-refractivity contribution is 4.43. The van der Waals surface area contributed by atoms with Gasteiger partial charge in [-0.25, -0.2) is 0 Å². The molecule has 0 aromatic carbocycles. The van der Waals surface area contributed by atoms with Crippen LogP contribution in [0.1, 0.15) is 103 Å². The van der Waals surface area contributed by atoms with Gasteiger partial charge in [-0.3, -0.25) is 0 Å². The van der Waals surface area contributed by atoms with Gasteiger partial charge in [0.15, 0.2) is 0 Å². The van der Waals surface area contributed by atoms with Crippen LogP contribution in [0.3, 0.4) is 0 Å². The molecule has 0 atom stereocenters. The number of rotatable bonds is 6. The number of hydrogen-bond acceptors (Lipinski definition) is 2. The summed E-state index contributed by atoms with van der Waals surface area (Å²) in [5, 5.41) is 8.67. The molecule has 0 amide bonds. The summed E-state index contributed by atoms with van der Waals surface area (Å²) in [6, 6.07) is 0. The van der Waals surface area contributed by atoms with Crippen LogP contribution < -0.4 is 0 Å². The summed E-state index contributed by atoms with van der Waals surface area (Å²) in [5.41, 5.74) is 0. The molecule has 0 aliphatic carbocycles. The maximum Gasteiger partial charge on any atom is 0.0535 e. The van der Waals surface area contributed by atoms with Crippen LogP contribution in [0.5, 0.6) is 0 Å². The average Bonchev–Trinajstić information content (AvgIpc) is 2.30. The molecule has 0 radical (unpaired) electrons. The summed E-state index contributed by atoms with van der Waals surface area (Å²) >= 11 is 0. The highest BCUT2D eigenvalue weighted by Crippen LogP contribution is 1.92. The Labute approximate surface area is 133 Å². The van der Waals surface area contributed by atoms with Crippen molar-refractivity contribution in [1.82, 2.24) is 0 Å². The van der Waals surface area contributed by atoms with Gasteiger partial charge in [0.05, 0.1) is 6.10 Å². The molecule has 0 spiro atoms. The lowest BCUT2D eigenvalue weighted by Gasteiger charge is -1.98. The van der Waals surface area contributed by atoms with E-state index in [2.05, 4.69) is 27.7 Å². The van der Waals surface area contributed by atoms with Crippen molar-refractivity contribution in [3.05, 3.63) is 0 Å². The van der Waals surface area contributed by atoms with E-state index in [0.717, 1.165) is 38.9 Å². The Bertz CT molecular complexity index is 77.5. The Morgan fingerprint density at radius 1 is 0.700 bits per heavy atom. The molecular weight excluding hydrogens is 248 g/mol. The number of hydrogen-bond donors (Lipinski definition) is 1. The molecule has 0 saturated heterocycles. The molecule has 0 unspecified atom stereocenters. The summed E-state index contributed by atoms with van der Waals surface area (Å²) in [7, 11) is 0. The Morgan fingerprint density at radius 2 is 0.950 bits per heavy atom. The third-order valence-corrected chi connectivity index (χ3v) is 1.64. The smallest absolute Gasteiger partial charge is 0.0535 e. The number of aliphatic hydroxyl groups excluding tert-OH is 1. The van der Waals surface area contributed by atoms with Crippen molar-refractivity contribution < 1.29 is 9.84 Å². The van der Waals surface area contributed by atoms with E-state index in [1.807, 2.05) is 13.8 Å². The lowest BCUT2D eigenvalue weighted by molar-refractivity contribution is 0.135. The molecule has 0 fully saturated rings. The van der Waals surface area contributed by atoms with Crippen LogP contribution in [0.2, 0.25) is 0 Å². The van der Waals surface area contributed by atoms with Gasteiger partial charge in [-0.2, -0.15) is 0 Å². The molecule has 0 aliphatic heterocycles. The quantitative estimate of drug-likeness (QED) is 0.537. The van der Waals surface area contributed by atoms with E-state index in [0.29, 0.717) is 0 Å². The molecule has 0 bridgehead atoms. The van der Waals surface area contributed by atoms with E-state index in [4.69, 9.17) is 9.84 Å². The Hall–Kier alpha value is -0.0800. The first-order valence-electron chi connectivity index (χ1n) is 6.89. The van der Waals surface area contributed by atoms with Gasteiger partial charge >= 0.3 is 0 Å². The first kappa shape index (κ1) is 42.7. The van der Waals surface area contributed by atoms with Crippen molar-refractivity contribution >= 4 is 0 Å². The van der Waals surface area contributed by atoms with E-state index >= 15 is 0 Å². The summed E-state index contributed by atoms with van der Waals surface area (Å²) in [6.45, 7) is 14.3. The van der Waals surface area contributed by atoms with Crippen LogP contribution in [-0.4, -0.2) is 24.4 Å². The predicted molar refractivity (Wildman–Crippen MR) is 101 cm³/mol. The zero-order valence-electron chi connectivity index (χ0n) is 12.4. The van der Waals surface area contributed by atoms with Gasteiger partial charge in [0.1, 0.15) is 0 Å². The minimum Gasteiger partial charge on any atom is -0.393 e. The van der Waals surface area contributed by atoms with Crippen molar-refractivity contribution in [3.8, 4) is 0 Å². The lowest BCUT2D eigenvalue weighted by atomic mass is 10.2. The van der Waals surface area contributed by atoms with Crippen LogP contribution in [0.25, 0.3) is 0 Å². The van der Waals surface area contributed by atoms with Crippen LogP contribution in [0.4, 0.5) is 0 Å². The first-order chi connectivity index (χ1) is 7.64. The minimum atomic E-state index is -0.0648. The second-order valence-corrected chi connectivity index (χ2v) is 3.79. The van der Waals surface area contributed by atoms with Crippen molar-refractivity contribution in [2.45, 2.75) is 109 Å². The molecule has 1 N–H and O–H groups in total.